The first-order chi connectivity index (χ1) is 10.2. The van der Waals surface area contributed by atoms with Crippen LogP contribution in [0.5, 0.6) is 0 Å². The number of carbonyl (C=O) groups excluding carboxylic acids is 1. The van der Waals surface area contributed by atoms with E-state index >= 15 is 0 Å². The van der Waals surface area contributed by atoms with E-state index in [1.54, 1.807) is 0 Å². The van der Waals surface area contributed by atoms with Crippen LogP contribution in [0.3, 0.4) is 0 Å². The van der Waals surface area contributed by atoms with Crippen molar-refractivity contribution in [3.63, 3.8) is 0 Å². The van der Waals surface area contributed by atoms with Crippen molar-refractivity contribution in [2.45, 2.75) is 51.4 Å². The SMILES string of the molecule is CCNCCNC(=O)C1(c2ccccc2C)CCCCC1.Cl. The summed E-state index contributed by atoms with van der Waals surface area (Å²) < 4.78 is 0. The molecule has 0 spiro atoms. The van der Waals surface area contributed by atoms with Gasteiger partial charge in [0.05, 0.1) is 5.41 Å². The highest BCUT2D eigenvalue weighted by Crippen LogP contribution is 2.41. The monoisotopic (exact) mass is 324 g/mol. The van der Waals surface area contributed by atoms with Crippen LogP contribution in [0.25, 0.3) is 0 Å². The van der Waals surface area contributed by atoms with E-state index in [1.165, 1.54) is 17.5 Å². The van der Waals surface area contributed by atoms with Gasteiger partial charge in [-0.3, -0.25) is 4.79 Å². The van der Waals surface area contributed by atoms with Crippen molar-refractivity contribution in [2.24, 2.45) is 0 Å². The summed E-state index contributed by atoms with van der Waals surface area (Å²) in [7, 11) is 0. The zero-order valence-electron chi connectivity index (χ0n) is 13.8. The molecule has 0 heterocycles. The lowest BCUT2D eigenvalue weighted by molar-refractivity contribution is -0.128. The van der Waals surface area contributed by atoms with Gasteiger partial charge in [0.15, 0.2) is 0 Å². The predicted octanol–water partition coefficient (Wildman–Crippen LogP) is 3.34. The van der Waals surface area contributed by atoms with Crippen LogP contribution < -0.4 is 10.6 Å². The summed E-state index contributed by atoms with van der Waals surface area (Å²) in [6, 6.07) is 8.38. The van der Waals surface area contributed by atoms with Gasteiger partial charge in [-0.25, -0.2) is 0 Å². The van der Waals surface area contributed by atoms with Gasteiger partial charge in [0, 0.05) is 13.1 Å². The molecule has 0 radical (unpaired) electrons. The molecule has 0 atom stereocenters. The van der Waals surface area contributed by atoms with Crippen LogP contribution >= 0.6 is 12.4 Å². The number of aryl methyl sites for hydroxylation is 1. The Kier molecular flexibility index (Phi) is 7.91. The van der Waals surface area contributed by atoms with E-state index in [4.69, 9.17) is 0 Å². The van der Waals surface area contributed by atoms with Gasteiger partial charge < -0.3 is 10.6 Å². The van der Waals surface area contributed by atoms with Gasteiger partial charge in [0.25, 0.3) is 0 Å². The lowest BCUT2D eigenvalue weighted by atomic mass is 9.67. The second kappa shape index (κ2) is 9.16. The second-order valence-corrected chi connectivity index (χ2v) is 6.07. The fourth-order valence-corrected chi connectivity index (χ4v) is 3.49. The summed E-state index contributed by atoms with van der Waals surface area (Å²) in [6.45, 7) is 6.70. The smallest absolute Gasteiger partial charge is 0.230 e. The second-order valence-electron chi connectivity index (χ2n) is 6.07. The summed E-state index contributed by atoms with van der Waals surface area (Å²) in [4.78, 5) is 12.9. The zero-order chi connectivity index (χ0) is 15.1. The van der Waals surface area contributed by atoms with Crippen molar-refractivity contribution < 1.29 is 4.79 Å². The molecule has 1 aromatic carbocycles. The van der Waals surface area contributed by atoms with Crippen molar-refractivity contribution in [1.29, 1.82) is 0 Å². The Balaban J connectivity index is 0.00000242. The molecule has 4 heteroatoms. The Morgan fingerprint density at radius 1 is 1.14 bits per heavy atom. The Morgan fingerprint density at radius 2 is 1.82 bits per heavy atom. The van der Waals surface area contributed by atoms with Crippen molar-refractivity contribution >= 4 is 18.3 Å². The molecule has 0 aromatic heterocycles. The Morgan fingerprint density at radius 3 is 2.45 bits per heavy atom. The average Bonchev–Trinajstić information content (AvgIpc) is 2.52. The number of amides is 1. The van der Waals surface area contributed by atoms with Crippen LogP contribution in [-0.4, -0.2) is 25.5 Å². The zero-order valence-corrected chi connectivity index (χ0v) is 14.6. The van der Waals surface area contributed by atoms with Crippen LogP contribution in [0.1, 0.15) is 50.2 Å². The molecule has 1 aliphatic rings. The summed E-state index contributed by atoms with van der Waals surface area (Å²) in [5, 5.41) is 6.41. The van der Waals surface area contributed by atoms with Crippen molar-refractivity contribution in [3.05, 3.63) is 35.4 Å². The molecule has 0 unspecified atom stereocenters. The molecule has 22 heavy (non-hydrogen) atoms. The molecule has 0 saturated heterocycles. The van der Waals surface area contributed by atoms with E-state index in [2.05, 4.69) is 48.7 Å². The Hall–Kier alpha value is -1.06. The first-order valence-corrected chi connectivity index (χ1v) is 8.26. The molecule has 1 amide bonds. The highest BCUT2D eigenvalue weighted by molar-refractivity contribution is 5.88. The van der Waals surface area contributed by atoms with Gasteiger partial charge in [0.2, 0.25) is 5.91 Å². The van der Waals surface area contributed by atoms with E-state index in [1.807, 2.05) is 0 Å². The minimum Gasteiger partial charge on any atom is -0.354 e. The molecule has 124 valence electrons. The van der Waals surface area contributed by atoms with Crippen LogP contribution in [-0.2, 0) is 10.2 Å². The van der Waals surface area contributed by atoms with Crippen LogP contribution in [0.15, 0.2) is 24.3 Å². The maximum atomic E-state index is 12.9. The van der Waals surface area contributed by atoms with Crippen molar-refractivity contribution in [1.82, 2.24) is 10.6 Å². The van der Waals surface area contributed by atoms with Crippen molar-refractivity contribution in [2.75, 3.05) is 19.6 Å². The molecule has 0 aliphatic heterocycles. The van der Waals surface area contributed by atoms with E-state index in [0.717, 1.165) is 38.8 Å². The summed E-state index contributed by atoms with van der Waals surface area (Å²) in [5.41, 5.74) is 2.15. The predicted molar refractivity (Wildman–Crippen MR) is 94.7 cm³/mol. The maximum absolute atomic E-state index is 12.9. The van der Waals surface area contributed by atoms with E-state index in [0.29, 0.717) is 6.54 Å². The topological polar surface area (TPSA) is 41.1 Å². The van der Waals surface area contributed by atoms with Crippen LogP contribution in [0.2, 0.25) is 0 Å². The van der Waals surface area contributed by atoms with E-state index in [9.17, 15) is 4.79 Å². The van der Waals surface area contributed by atoms with Gasteiger partial charge >= 0.3 is 0 Å². The standard InChI is InChI=1S/C18H28N2O.ClH/c1-3-19-13-14-20-17(21)18(11-7-4-8-12-18)16-10-6-5-9-15(16)2;/h5-6,9-10,19H,3-4,7-8,11-14H2,1-2H3,(H,20,21);1H. The summed E-state index contributed by atoms with van der Waals surface area (Å²) in [6.07, 6.45) is 5.50. The number of hydrogen-bond acceptors (Lipinski definition) is 2. The third kappa shape index (κ3) is 4.23. The highest BCUT2D eigenvalue weighted by Gasteiger charge is 2.41. The van der Waals surface area contributed by atoms with Crippen LogP contribution in [0, 0.1) is 6.92 Å². The first kappa shape index (κ1) is 19.0. The molecule has 2 N–H and O–H groups in total. The molecular formula is C18H29ClN2O. The summed E-state index contributed by atoms with van der Waals surface area (Å²) >= 11 is 0. The number of rotatable bonds is 6. The fourth-order valence-electron chi connectivity index (χ4n) is 3.49. The van der Waals surface area contributed by atoms with Gasteiger partial charge in [-0.05, 0) is 37.4 Å². The minimum absolute atomic E-state index is 0. The van der Waals surface area contributed by atoms with E-state index < -0.39 is 0 Å². The number of benzene rings is 1. The number of hydrogen-bond donors (Lipinski definition) is 2. The Labute approximate surface area is 140 Å². The number of likely N-dealkylation sites (N-methyl/N-ethyl adjacent to an activating group) is 1. The van der Waals surface area contributed by atoms with Crippen molar-refractivity contribution in [3.8, 4) is 0 Å². The molecule has 2 rings (SSSR count). The molecular weight excluding hydrogens is 296 g/mol. The fraction of sp³-hybridized carbons (Fsp3) is 0.611. The number of carbonyl (C=O) groups is 1. The molecule has 1 saturated carbocycles. The number of nitrogens with one attached hydrogen (secondary N) is 2. The third-order valence-corrected chi connectivity index (χ3v) is 4.64. The Bertz CT molecular complexity index is 470. The number of halogens is 1. The first-order valence-electron chi connectivity index (χ1n) is 8.26. The van der Waals surface area contributed by atoms with Crippen LogP contribution in [0.4, 0.5) is 0 Å². The third-order valence-electron chi connectivity index (χ3n) is 4.64. The lowest BCUT2D eigenvalue weighted by Gasteiger charge is -2.37. The quantitative estimate of drug-likeness (QED) is 0.788. The van der Waals surface area contributed by atoms with Gasteiger partial charge in [-0.15, -0.1) is 12.4 Å². The molecule has 0 bridgehead atoms. The van der Waals surface area contributed by atoms with Gasteiger partial charge in [0.1, 0.15) is 0 Å². The molecule has 1 aromatic rings. The normalized spacial score (nSPS) is 16.6. The average molecular weight is 325 g/mol. The van der Waals surface area contributed by atoms with Gasteiger partial charge in [-0.1, -0.05) is 50.5 Å². The molecule has 3 nitrogen and oxygen atoms in total. The van der Waals surface area contributed by atoms with Gasteiger partial charge in [-0.2, -0.15) is 0 Å². The lowest BCUT2D eigenvalue weighted by Crippen LogP contribution is -2.47. The molecule has 1 fully saturated rings. The largest absolute Gasteiger partial charge is 0.354 e. The summed E-state index contributed by atoms with van der Waals surface area (Å²) in [5.74, 6) is 0.217. The minimum atomic E-state index is -0.310. The maximum Gasteiger partial charge on any atom is 0.230 e. The highest BCUT2D eigenvalue weighted by atomic mass is 35.5. The van der Waals surface area contributed by atoms with E-state index in [-0.39, 0.29) is 23.7 Å². The molecule has 1 aliphatic carbocycles.